The Morgan fingerprint density at radius 3 is 2.18 bits per heavy atom. The lowest BCUT2D eigenvalue weighted by molar-refractivity contribution is -0.0997. The van der Waals surface area contributed by atoms with Crippen LogP contribution in [0.4, 0.5) is 0 Å². The Balaban J connectivity index is 2.48. The van der Waals surface area contributed by atoms with Crippen molar-refractivity contribution in [1.82, 2.24) is 5.32 Å². The molecule has 1 N–H and O–H groups in total. The van der Waals surface area contributed by atoms with Gasteiger partial charge in [-0.3, -0.25) is 0 Å². The van der Waals surface area contributed by atoms with Gasteiger partial charge in [-0.05, 0) is 24.5 Å². The highest BCUT2D eigenvalue weighted by Crippen LogP contribution is 2.13. The highest BCUT2D eigenvalue weighted by molar-refractivity contribution is 5.24. The van der Waals surface area contributed by atoms with Gasteiger partial charge in [0.05, 0.1) is 0 Å². The minimum Gasteiger partial charge on any atom is -0.355 e. The molecule has 1 rings (SSSR count). The minimum absolute atomic E-state index is 0.188. The molecular formula is C14H23NO2. The normalized spacial score (nSPS) is 13.0. The third kappa shape index (κ3) is 4.46. The van der Waals surface area contributed by atoms with E-state index in [1.807, 2.05) is 0 Å². The van der Waals surface area contributed by atoms with E-state index in [9.17, 15) is 0 Å². The molecule has 0 fully saturated rings. The monoisotopic (exact) mass is 237 g/mol. The Bertz CT molecular complexity index is 307. The first kappa shape index (κ1) is 14.2. The van der Waals surface area contributed by atoms with Crippen LogP contribution >= 0.6 is 0 Å². The number of hydrogen-bond acceptors (Lipinski definition) is 3. The molecule has 0 saturated heterocycles. The molecular weight excluding hydrogens is 214 g/mol. The lowest BCUT2D eigenvalue weighted by Gasteiger charge is -2.19. The van der Waals surface area contributed by atoms with Crippen molar-refractivity contribution in [1.29, 1.82) is 0 Å². The van der Waals surface area contributed by atoms with Gasteiger partial charge in [0, 0.05) is 26.8 Å². The second-order valence-corrected chi connectivity index (χ2v) is 4.13. The van der Waals surface area contributed by atoms with Crippen LogP contribution in [-0.4, -0.2) is 27.1 Å². The van der Waals surface area contributed by atoms with Crippen LogP contribution in [0.5, 0.6) is 0 Å². The Labute approximate surface area is 104 Å². The van der Waals surface area contributed by atoms with Crippen LogP contribution in [0.3, 0.4) is 0 Å². The highest BCUT2D eigenvalue weighted by Gasteiger charge is 2.09. The van der Waals surface area contributed by atoms with Gasteiger partial charge in [0.1, 0.15) is 0 Å². The van der Waals surface area contributed by atoms with E-state index in [0.29, 0.717) is 12.6 Å². The lowest BCUT2D eigenvalue weighted by atomic mass is 10.1. The van der Waals surface area contributed by atoms with Gasteiger partial charge in [-0.2, -0.15) is 0 Å². The second-order valence-electron chi connectivity index (χ2n) is 4.13. The predicted molar refractivity (Wildman–Crippen MR) is 70.0 cm³/mol. The van der Waals surface area contributed by atoms with Crippen molar-refractivity contribution in [2.24, 2.45) is 0 Å². The van der Waals surface area contributed by atoms with Gasteiger partial charge < -0.3 is 14.8 Å². The van der Waals surface area contributed by atoms with Crippen LogP contribution in [0.2, 0.25) is 0 Å². The van der Waals surface area contributed by atoms with Crippen molar-refractivity contribution in [2.75, 3.05) is 20.8 Å². The Morgan fingerprint density at radius 2 is 1.71 bits per heavy atom. The zero-order valence-corrected chi connectivity index (χ0v) is 11.2. The summed E-state index contributed by atoms with van der Waals surface area (Å²) in [5.41, 5.74) is 2.65. The van der Waals surface area contributed by atoms with Crippen molar-refractivity contribution in [3.05, 3.63) is 35.4 Å². The van der Waals surface area contributed by atoms with Gasteiger partial charge in [-0.25, -0.2) is 0 Å². The number of methoxy groups -OCH3 is 2. The van der Waals surface area contributed by atoms with Crippen molar-refractivity contribution < 1.29 is 9.47 Å². The van der Waals surface area contributed by atoms with E-state index in [4.69, 9.17) is 9.47 Å². The third-order valence-electron chi connectivity index (χ3n) is 3.00. The average molecular weight is 237 g/mol. The van der Waals surface area contributed by atoms with Crippen molar-refractivity contribution in [2.45, 2.75) is 32.6 Å². The molecule has 3 nitrogen and oxygen atoms in total. The van der Waals surface area contributed by atoms with E-state index in [1.54, 1.807) is 14.2 Å². The molecule has 0 amide bonds. The molecule has 1 aromatic rings. The molecule has 96 valence electrons. The van der Waals surface area contributed by atoms with E-state index in [2.05, 4.69) is 43.4 Å². The largest absolute Gasteiger partial charge is 0.355 e. The van der Waals surface area contributed by atoms with Gasteiger partial charge >= 0.3 is 0 Å². The number of rotatable bonds is 7. The van der Waals surface area contributed by atoms with Crippen LogP contribution in [-0.2, 0) is 15.9 Å². The molecule has 0 aliphatic heterocycles. The van der Waals surface area contributed by atoms with Crippen molar-refractivity contribution in [3.63, 3.8) is 0 Å². The summed E-state index contributed by atoms with van der Waals surface area (Å²) in [6, 6.07) is 9.00. The molecule has 0 saturated carbocycles. The predicted octanol–water partition coefficient (Wildman–Crippen LogP) is 2.52. The van der Waals surface area contributed by atoms with E-state index >= 15 is 0 Å². The zero-order chi connectivity index (χ0) is 12.7. The molecule has 0 aliphatic rings. The van der Waals surface area contributed by atoms with Gasteiger partial charge in [-0.1, -0.05) is 31.2 Å². The molecule has 0 aromatic heterocycles. The van der Waals surface area contributed by atoms with E-state index in [0.717, 1.165) is 6.42 Å². The number of ether oxygens (including phenoxy) is 2. The fraction of sp³-hybridized carbons (Fsp3) is 0.571. The zero-order valence-electron chi connectivity index (χ0n) is 11.2. The molecule has 1 atom stereocenters. The van der Waals surface area contributed by atoms with Crippen molar-refractivity contribution >= 4 is 0 Å². The molecule has 0 bridgehead atoms. The number of benzene rings is 1. The van der Waals surface area contributed by atoms with E-state index in [1.165, 1.54) is 11.1 Å². The molecule has 0 spiro atoms. The summed E-state index contributed by atoms with van der Waals surface area (Å²) in [4.78, 5) is 0. The summed E-state index contributed by atoms with van der Waals surface area (Å²) in [6.45, 7) is 4.99. The molecule has 1 aromatic carbocycles. The Kier molecular flexibility index (Phi) is 6.19. The molecule has 3 heteroatoms. The van der Waals surface area contributed by atoms with Crippen LogP contribution in [0.25, 0.3) is 0 Å². The maximum absolute atomic E-state index is 5.14. The summed E-state index contributed by atoms with van der Waals surface area (Å²) < 4.78 is 10.3. The molecule has 17 heavy (non-hydrogen) atoms. The molecule has 0 aliphatic carbocycles. The highest BCUT2D eigenvalue weighted by atomic mass is 16.7. The van der Waals surface area contributed by atoms with Crippen LogP contribution in [0, 0.1) is 0 Å². The van der Waals surface area contributed by atoms with Crippen LogP contribution < -0.4 is 5.32 Å². The quantitative estimate of drug-likeness (QED) is 0.739. The summed E-state index contributed by atoms with van der Waals surface area (Å²) in [5, 5.41) is 3.39. The number of nitrogens with one attached hydrogen (secondary N) is 1. The van der Waals surface area contributed by atoms with Crippen LogP contribution in [0.1, 0.15) is 31.0 Å². The van der Waals surface area contributed by atoms with Gasteiger partial charge in [-0.15, -0.1) is 0 Å². The first-order chi connectivity index (χ1) is 8.21. The smallest absolute Gasteiger partial charge is 0.169 e. The van der Waals surface area contributed by atoms with E-state index < -0.39 is 0 Å². The fourth-order valence-corrected chi connectivity index (χ4v) is 1.70. The van der Waals surface area contributed by atoms with E-state index in [-0.39, 0.29) is 6.29 Å². The third-order valence-corrected chi connectivity index (χ3v) is 3.00. The minimum atomic E-state index is -0.188. The Morgan fingerprint density at radius 1 is 1.12 bits per heavy atom. The summed E-state index contributed by atoms with van der Waals surface area (Å²) >= 11 is 0. The first-order valence-corrected chi connectivity index (χ1v) is 6.09. The standard InChI is InChI=1S/C14H23NO2/c1-5-12-6-8-13(9-7-12)11(2)15-10-14(16-3)17-4/h6-9,11,14-15H,5,10H2,1-4H3. The lowest BCUT2D eigenvalue weighted by Crippen LogP contribution is -2.31. The average Bonchev–Trinajstić information content (AvgIpc) is 2.39. The van der Waals surface area contributed by atoms with Crippen LogP contribution in [0.15, 0.2) is 24.3 Å². The van der Waals surface area contributed by atoms with Gasteiger partial charge in [0.15, 0.2) is 6.29 Å². The van der Waals surface area contributed by atoms with Gasteiger partial charge in [0.25, 0.3) is 0 Å². The SMILES string of the molecule is CCc1ccc(C(C)NCC(OC)OC)cc1. The number of hydrogen-bond donors (Lipinski definition) is 1. The topological polar surface area (TPSA) is 30.5 Å². The fourth-order valence-electron chi connectivity index (χ4n) is 1.70. The summed E-state index contributed by atoms with van der Waals surface area (Å²) in [7, 11) is 3.30. The second kappa shape index (κ2) is 7.43. The number of aryl methyl sites for hydroxylation is 1. The first-order valence-electron chi connectivity index (χ1n) is 6.09. The molecule has 1 unspecified atom stereocenters. The molecule has 0 heterocycles. The maximum Gasteiger partial charge on any atom is 0.169 e. The van der Waals surface area contributed by atoms with Crippen molar-refractivity contribution in [3.8, 4) is 0 Å². The van der Waals surface area contributed by atoms with Gasteiger partial charge in [0.2, 0.25) is 0 Å². The summed E-state index contributed by atoms with van der Waals surface area (Å²) in [6.07, 6.45) is 0.893. The Hall–Kier alpha value is -0.900. The maximum atomic E-state index is 5.14. The molecule has 0 radical (unpaired) electrons. The summed E-state index contributed by atoms with van der Waals surface area (Å²) in [5.74, 6) is 0.